The molecule has 0 aliphatic carbocycles. The topological polar surface area (TPSA) is 74.7 Å². The lowest BCUT2D eigenvalue weighted by Gasteiger charge is -2.42. The number of hydrogen-bond donors (Lipinski definition) is 1. The van der Waals surface area contributed by atoms with Crippen LogP contribution in [0.1, 0.15) is 55.5 Å². The van der Waals surface area contributed by atoms with Gasteiger partial charge >= 0.3 is 5.97 Å². The largest absolute Gasteiger partial charge is 0.481 e. The second kappa shape index (κ2) is 11.4. The molecule has 3 aromatic carbocycles. The third-order valence-corrected chi connectivity index (χ3v) is 10.7. The fraction of sp³-hybridized carbons (Fsp3) is 0.367. The van der Waals surface area contributed by atoms with Gasteiger partial charge in [-0.1, -0.05) is 86.5 Å². The molecule has 0 aromatic heterocycles. The van der Waals surface area contributed by atoms with Gasteiger partial charge in [0.15, 0.2) is 0 Å². The number of nitrogens with zero attached hydrogens (tertiary/aromatic N) is 1. The normalized spacial score (nSPS) is 20.8. The van der Waals surface area contributed by atoms with Crippen molar-refractivity contribution in [2.24, 2.45) is 5.92 Å². The maximum Gasteiger partial charge on any atom is 0.308 e. The van der Waals surface area contributed by atoms with Crippen molar-refractivity contribution < 1.29 is 18.3 Å². The van der Waals surface area contributed by atoms with Gasteiger partial charge < -0.3 is 5.11 Å². The Labute approximate surface area is 235 Å². The standard InChI is InChI=1S/C30H34ClNO4S2/c1-20-8-14-25(15-9-20)38(35,36)32-18-26(29(33)34)28(17-27(32)22-6-5-7-24(31)16-22)37-19-21-10-12-23(13-11-21)30(2,3)4/h5-16,26-28H,17-19H2,1-4H3,(H,33,34)/t26-,27+,28-/m1/s1. The molecule has 38 heavy (non-hydrogen) atoms. The number of sulfonamides is 1. The van der Waals surface area contributed by atoms with E-state index in [0.29, 0.717) is 17.2 Å². The number of rotatable bonds is 7. The molecule has 1 aliphatic rings. The number of hydrogen-bond acceptors (Lipinski definition) is 4. The summed E-state index contributed by atoms with van der Waals surface area (Å²) in [5.74, 6) is -1.19. The highest BCUT2D eigenvalue weighted by atomic mass is 35.5. The smallest absolute Gasteiger partial charge is 0.308 e. The molecular weight excluding hydrogens is 538 g/mol. The van der Waals surface area contributed by atoms with Gasteiger partial charge in [0.05, 0.1) is 16.9 Å². The van der Waals surface area contributed by atoms with Crippen molar-refractivity contribution in [1.82, 2.24) is 4.31 Å². The summed E-state index contributed by atoms with van der Waals surface area (Å²) in [6.45, 7) is 8.29. The van der Waals surface area contributed by atoms with Crippen LogP contribution in [0.4, 0.5) is 0 Å². The lowest BCUT2D eigenvalue weighted by atomic mass is 9.87. The molecule has 1 saturated heterocycles. The highest BCUT2D eigenvalue weighted by Crippen LogP contribution is 2.43. The molecule has 3 aromatic rings. The Bertz CT molecular complexity index is 1380. The zero-order chi connectivity index (χ0) is 27.7. The van der Waals surface area contributed by atoms with Crippen LogP contribution in [0.25, 0.3) is 0 Å². The molecule has 0 saturated carbocycles. The minimum absolute atomic E-state index is 0.0556. The molecule has 3 atom stereocenters. The van der Waals surface area contributed by atoms with Crippen LogP contribution in [0.3, 0.4) is 0 Å². The van der Waals surface area contributed by atoms with Gasteiger partial charge in [-0.15, -0.1) is 0 Å². The Balaban J connectivity index is 1.65. The minimum Gasteiger partial charge on any atom is -0.481 e. The summed E-state index contributed by atoms with van der Waals surface area (Å²) in [5, 5.41) is 10.4. The van der Waals surface area contributed by atoms with Crippen molar-refractivity contribution in [3.63, 3.8) is 0 Å². The monoisotopic (exact) mass is 571 g/mol. The number of piperidine rings is 1. The molecule has 202 valence electrons. The molecule has 5 nitrogen and oxygen atoms in total. The quantitative estimate of drug-likeness (QED) is 0.328. The van der Waals surface area contributed by atoms with E-state index in [1.165, 1.54) is 9.87 Å². The van der Waals surface area contributed by atoms with Crippen molar-refractivity contribution in [1.29, 1.82) is 0 Å². The van der Waals surface area contributed by atoms with E-state index in [-0.39, 0.29) is 22.1 Å². The van der Waals surface area contributed by atoms with Crippen molar-refractivity contribution in [2.75, 3.05) is 6.54 Å². The summed E-state index contributed by atoms with van der Waals surface area (Å²) in [5.41, 5.74) is 4.12. The van der Waals surface area contributed by atoms with Gasteiger partial charge in [0.2, 0.25) is 10.0 Å². The van der Waals surface area contributed by atoms with Crippen LogP contribution in [-0.2, 0) is 26.0 Å². The molecule has 1 N–H and O–H groups in total. The fourth-order valence-electron chi connectivity index (χ4n) is 4.79. The van der Waals surface area contributed by atoms with Gasteiger partial charge in [-0.05, 0) is 59.7 Å². The van der Waals surface area contributed by atoms with Gasteiger partial charge in [0.25, 0.3) is 0 Å². The van der Waals surface area contributed by atoms with E-state index in [4.69, 9.17) is 11.6 Å². The van der Waals surface area contributed by atoms with Crippen molar-refractivity contribution in [2.45, 2.75) is 61.5 Å². The van der Waals surface area contributed by atoms with E-state index in [1.54, 1.807) is 54.2 Å². The third kappa shape index (κ3) is 6.45. The number of thioether (sulfide) groups is 1. The maximum atomic E-state index is 13.8. The third-order valence-electron chi connectivity index (χ3n) is 7.09. The van der Waals surface area contributed by atoms with Gasteiger partial charge in [0.1, 0.15) is 0 Å². The molecule has 1 fully saturated rings. The van der Waals surface area contributed by atoms with Crippen LogP contribution < -0.4 is 0 Å². The summed E-state index contributed by atoms with van der Waals surface area (Å²) in [7, 11) is -3.95. The van der Waals surface area contributed by atoms with Crippen LogP contribution in [0.15, 0.2) is 77.7 Å². The molecule has 0 unspecified atom stereocenters. The molecule has 0 bridgehead atoms. The zero-order valence-electron chi connectivity index (χ0n) is 22.1. The first-order valence-electron chi connectivity index (χ1n) is 12.6. The average molecular weight is 572 g/mol. The number of carboxylic acids is 1. The maximum absolute atomic E-state index is 13.8. The first-order valence-corrected chi connectivity index (χ1v) is 15.5. The molecule has 0 spiro atoms. The summed E-state index contributed by atoms with van der Waals surface area (Å²) < 4.78 is 29.0. The fourth-order valence-corrected chi connectivity index (χ4v) is 7.99. The summed E-state index contributed by atoms with van der Waals surface area (Å²) >= 11 is 7.87. The van der Waals surface area contributed by atoms with Gasteiger partial charge in [-0.25, -0.2) is 8.42 Å². The number of aliphatic carboxylic acids is 1. The predicted octanol–water partition coefficient (Wildman–Crippen LogP) is 7.08. The Kier molecular flexibility index (Phi) is 8.62. The van der Waals surface area contributed by atoms with Crippen LogP contribution in [0.2, 0.25) is 5.02 Å². The van der Waals surface area contributed by atoms with Gasteiger partial charge in [0, 0.05) is 22.6 Å². The average Bonchev–Trinajstić information content (AvgIpc) is 2.87. The zero-order valence-corrected chi connectivity index (χ0v) is 24.5. The van der Waals surface area contributed by atoms with Crippen LogP contribution in [0.5, 0.6) is 0 Å². The number of aryl methyl sites for hydroxylation is 1. The number of benzene rings is 3. The van der Waals surface area contributed by atoms with Crippen molar-refractivity contribution in [3.05, 3.63) is 100 Å². The second-order valence-electron chi connectivity index (χ2n) is 10.9. The van der Waals surface area contributed by atoms with E-state index < -0.39 is 28.0 Å². The first-order chi connectivity index (χ1) is 17.9. The Hall–Kier alpha value is -2.32. The summed E-state index contributed by atoms with van der Waals surface area (Å²) in [6, 6.07) is 21.8. The summed E-state index contributed by atoms with van der Waals surface area (Å²) in [6.07, 6.45) is 0.368. The van der Waals surface area contributed by atoms with E-state index in [2.05, 4.69) is 45.0 Å². The lowest BCUT2D eigenvalue weighted by molar-refractivity contribution is -0.143. The molecule has 0 radical (unpaired) electrons. The van der Waals surface area contributed by atoms with Crippen LogP contribution in [-0.4, -0.2) is 35.6 Å². The van der Waals surface area contributed by atoms with E-state index in [0.717, 1.165) is 16.7 Å². The first kappa shape index (κ1) is 28.7. The lowest BCUT2D eigenvalue weighted by Crippen LogP contribution is -2.49. The van der Waals surface area contributed by atoms with Crippen molar-refractivity contribution in [3.8, 4) is 0 Å². The van der Waals surface area contributed by atoms with E-state index >= 15 is 0 Å². The molecule has 8 heteroatoms. The van der Waals surface area contributed by atoms with Crippen LogP contribution >= 0.6 is 23.4 Å². The van der Waals surface area contributed by atoms with Gasteiger partial charge in [-0.3, -0.25) is 4.79 Å². The molecule has 1 aliphatic heterocycles. The predicted molar refractivity (Wildman–Crippen MR) is 155 cm³/mol. The molecule has 1 heterocycles. The SMILES string of the molecule is Cc1ccc(S(=O)(=O)N2C[C@@H](C(=O)O)[C@H](SCc3ccc(C(C)(C)C)cc3)C[C@H]2c2cccc(Cl)c2)cc1. The Morgan fingerprint density at radius 1 is 1.05 bits per heavy atom. The highest BCUT2D eigenvalue weighted by molar-refractivity contribution is 7.99. The Morgan fingerprint density at radius 2 is 1.71 bits per heavy atom. The Morgan fingerprint density at radius 3 is 2.29 bits per heavy atom. The highest BCUT2D eigenvalue weighted by Gasteiger charge is 2.45. The molecular formula is C30H34ClNO4S2. The van der Waals surface area contributed by atoms with E-state index in [9.17, 15) is 18.3 Å². The number of carbonyl (C=O) groups is 1. The van der Waals surface area contributed by atoms with Gasteiger partial charge in [-0.2, -0.15) is 16.1 Å². The number of halogens is 1. The molecule has 4 rings (SSSR count). The number of carboxylic acid groups (broad SMARTS) is 1. The van der Waals surface area contributed by atoms with Crippen molar-refractivity contribution >= 4 is 39.4 Å². The second-order valence-corrected chi connectivity index (χ2v) is 14.5. The summed E-state index contributed by atoms with van der Waals surface area (Å²) in [4.78, 5) is 12.6. The molecule has 0 amide bonds. The van der Waals surface area contributed by atoms with E-state index in [1.807, 2.05) is 13.0 Å². The minimum atomic E-state index is -3.95. The van der Waals surface area contributed by atoms with Crippen LogP contribution in [0, 0.1) is 12.8 Å².